The van der Waals surface area contributed by atoms with Crippen molar-refractivity contribution >= 4 is 26.7 Å². The molecular weight excluding hydrogens is 238 g/mol. The maximum Gasteiger partial charge on any atom is 0.0437 e. The second kappa shape index (κ2) is 3.70. The van der Waals surface area contributed by atoms with Gasteiger partial charge in [0.05, 0.1) is 0 Å². The van der Waals surface area contributed by atoms with Gasteiger partial charge in [-0.3, -0.25) is 4.98 Å². The fourth-order valence-electron chi connectivity index (χ4n) is 1.50. The first-order chi connectivity index (χ1) is 6.68. The molecule has 0 N–H and O–H groups in total. The van der Waals surface area contributed by atoms with Gasteiger partial charge in [0, 0.05) is 22.3 Å². The summed E-state index contributed by atoms with van der Waals surface area (Å²) in [4.78, 5) is 4.14. The molecule has 1 aromatic carbocycles. The number of nitrogens with zero attached hydrogens (tertiary/aromatic N) is 1. The summed E-state index contributed by atoms with van der Waals surface area (Å²) in [6.45, 7) is 4.41. The van der Waals surface area contributed by atoms with E-state index < -0.39 is 0 Å². The number of rotatable bonds is 1. The lowest BCUT2D eigenvalue weighted by Crippen LogP contribution is -1.87. The molecule has 2 rings (SSSR count). The molecule has 1 aromatic heterocycles. The standard InChI is InChI=1S/C12H12BrN/c1-8(2)9-3-4-10-6-14-7-12(13)11(10)5-9/h3-8H,1-2H3. The number of fused-ring (bicyclic) bond motifs is 1. The quantitative estimate of drug-likeness (QED) is 0.741. The molecule has 0 saturated carbocycles. The Morgan fingerprint density at radius 3 is 2.71 bits per heavy atom. The molecule has 0 aliphatic heterocycles. The van der Waals surface area contributed by atoms with Crippen molar-refractivity contribution in [2.24, 2.45) is 0 Å². The maximum absolute atomic E-state index is 4.14. The fourth-order valence-corrected chi connectivity index (χ4v) is 1.97. The minimum atomic E-state index is 0.569. The first kappa shape index (κ1) is 9.66. The lowest BCUT2D eigenvalue weighted by Gasteiger charge is -2.07. The first-order valence-corrected chi connectivity index (χ1v) is 5.51. The molecule has 1 nitrogen and oxygen atoms in total. The molecule has 0 saturated heterocycles. The fraction of sp³-hybridized carbons (Fsp3) is 0.250. The van der Waals surface area contributed by atoms with Crippen LogP contribution in [0.3, 0.4) is 0 Å². The summed E-state index contributed by atoms with van der Waals surface area (Å²) < 4.78 is 1.07. The highest BCUT2D eigenvalue weighted by molar-refractivity contribution is 9.10. The summed E-state index contributed by atoms with van der Waals surface area (Å²) >= 11 is 3.52. The first-order valence-electron chi connectivity index (χ1n) is 4.71. The van der Waals surface area contributed by atoms with E-state index in [2.05, 4.69) is 53.0 Å². The summed E-state index contributed by atoms with van der Waals surface area (Å²) in [6.07, 6.45) is 3.73. The van der Waals surface area contributed by atoms with Crippen LogP contribution in [0.4, 0.5) is 0 Å². The molecule has 0 spiro atoms. The van der Waals surface area contributed by atoms with E-state index in [1.54, 1.807) is 0 Å². The molecule has 2 heteroatoms. The van der Waals surface area contributed by atoms with Gasteiger partial charge in [0.1, 0.15) is 0 Å². The SMILES string of the molecule is CC(C)c1ccc2cncc(Br)c2c1. The van der Waals surface area contributed by atoms with E-state index in [4.69, 9.17) is 0 Å². The molecule has 0 unspecified atom stereocenters. The van der Waals surface area contributed by atoms with Gasteiger partial charge in [-0.25, -0.2) is 0 Å². The van der Waals surface area contributed by atoms with E-state index in [1.807, 2.05) is 12.4 Å². The van der Waals surface area contributed by atoms with Crippen LogP contribution in [0.15, 0.2) is 35.1 Å². The van der Waals surface area contributed by atoms with Gasteiger partial charge < -0.3 is 0 Å². The predicted molar refractivity (Wildman–Crippen MR) is 63.5 cm³/mol. The van der Waals surface area contributed by atoms with E-state index in [9.17, 15) is 0 Å². The van der Waals surface area contributed by atoms with Crippen molar-refractivity contribution in [2.75, 3.05) is 0 Å². The third-order valence-electron chi connectivity index (χ3n) is 2.40. The molecule has 0 bridgehead atoms. The highest BCUT2D eigenvalue weighted by Crippen LogP contribution is 2.26. The van der Waals surface area contributed by atoms with Crippen LogP contribution in [0.5, 0.6) is 0 Å². The van der Waals surface area contributed by atoms with Crippen LogP contribution in [0.2, 0.25) is 0 Å². The largest absolute Gasteiger partial charge is 0.263 e. The van der Waals surface area contributed by atoms with Crippen LogP contribution in [0.25, 0.3) is 10.8 Å². The van der Waals surface area contributed by atoms with Crippen molar-refractivity contribution in [3.63, 3.8) is 0 Å². The van der Waals surface area contributed by atoms with Crippen molar-refractivity contribution < 1.29 is 0 Å². The van der Waals surface area contributed by atoms with Crippen LogP contribution in [-0.2, 0) is 0 Å². The minimum absolute atomic E-state index is 0.569. The average Bonchev–Trinajstić information content (AvgIpc) is 2.18. The third kappa shape index (κ3) is 1.67. The maximum atomic E-state index is 4.14. The second-order valence-electron chi connectivity index (χ2n) is 3.76. The molecular formula is C12H12BrN. The third-order valence-corrected chi connectivity index (χ3v) is 3.03. The van der Waals surface area contributed by atoms with Gasteiger partial charge >= 0.3 is 0 Å². The van der Waals surface area contributed by atoms with Gasteiger partial charge in [-0.1, -0.05) is 26.0 Å². The minimum Gasteiger partial charge on any atom is -0.263 e. The number of benzene rings is 1. The summed E-state index contributed by atoms with van der Waals surface area (Å²) in [5, 5.41) is 2.43. The van der Waals surface area contributed by atoms with Crippen molar-refractivity contribution in [1.82, 2.24) is 4.98 Å². The van der Waals surface area contributed by atoms with Crippen molar-refractivity contribution in [1.29, 1.82) is 0 Å². The highest BCUT2D eigenvalue weighted by atomic mass is 79.9. The number of pyridine rings is 1. The van der Waals surface area contributed by atoms with Crippen LogP contribution < -0.4 is 0 Å². The normalized spacial score (nSPS) is 11.1. The Bertz CT molecular complexity index is 463. The summed E-state index contributed by atoms with van der Waals surface area (Å²) in [7, 11) is 0. The Labute approximate surface area is 92.3 Å². The Balaban J connectivity index is 2.70. The Hall–Kier alpha value is -0.890. The zero-order valence-corrected chi connectivity index (χ0v) is 9.88. The topological polar surface area (TPSA) is 12.9 Å². The lowest BCUT2D eigenvalue weighted by molar-refractivity contribution is 0.868. The number of aromatic nitrogens is 1. The number of halogens is 1. The van der Waals surface area contributed by atoms with Crippen molar-refractivity contribution in [3.8, 4) is 0 Å². The molecule has 0 radical (unpaired) electrons. The van der Waals surface area contributed by atoms with Gasteiger partial charge in [0.25, 0.3) is 0 Å². The molecule has 1 heterocycles. The van der Waals surface area contributed by atoms with E-state index >= 15 is 0 Å². The molecule has 2 aromatic rings. The molecule has 14 heavy (non-hydrogen) atoms. The van der Waals surface area contributed by atoms with E-state index in [0.29, 0.717) is 5.92 Å². The Morgan fingerprint density at radius 2 is 2.00 bits per heavy atom. The molecule has 0 amide bonds. The van der Waals surface area contributed by atoms with Crippen LogP contribution in [0, 0.1) is 0 Å². The summed E-state index contributed by atoms with van der Waals surface area (Å²) in [5.74, 6) is 0.569. The zero-order valence-electron chi connectivity index (χ0n) is 8.29. The van der Waals surface area contributed by atoms with Crippen molar-refractivity contribution in [2.45, 2.75) is 19.8 Å². The molecule has 0 aliphatic rings. The van der Waals surface area contributed by atoms with Crippen LogP contribution in [0.1, 0.15) is 25.3 Å². The molecule has 0 aliphatic carbocycles. The van der Waals surface area contributed by atoms with Gasteiger partial charge in [-0.15, -0.1) is 0 Å². The Morgan fingerprint density at radius 1 is 1.21 bits per heavy atom. The van der Waals surface area contributed by atoms with Crippen LogP contribution >= 0.6 is 15.9 Å². The van der Waals surface area contributed by atoms with Gasteiger partial charge in [-0.2, -0.15) is 0 Å². The number of hydrogen-bond acceptors (Lipinski definition) is 1. The molecule has 0 atom stereocenters. The van der Waals surface area contributed by atoms with Gasteiger partial charge in [0.15, 0.2) is 0 Å². The highest BCUT2D eigenvalue weighted by Gasteiger charge is 2.02. The van der Waals surface area contributed by atoms with E-state index in [1.165, 1.54) is 16.3 Å². The smallest absolute Gasteiger partial charge is 0.0437 e. The monoisotopic (exact) mass is 249 g/mol. The molecule has 0 fully saturated rings. The number of hydrogen-bond donors (Lipinski definition) is 0. The predicted octanol–water partition coefficient (Wildman–Crippen LogP) is 4.12. The summed E-state index contributed by atoms with van der Waals surface area (Å²) in [5.41, 5.74) is 1.37. The zero-order chi connectivity index (χ0) is 10.1. The van der Waals surface area contributed by atoms with Gasteiger partial charge in [-0.05, 0) is 38.9 Å². The van der Waals surface area contributed by atoms with Crippen LogP contribution in [-0.4, -0.2) is 4.98 Å². The van der Waals surface area contributed by atoms with E-state index in [0.717, 1.165) is 4.47 Å². The van der Waals surface area contributed by atoms with Gasteiger partial charge in [0.2, 0.25) is 0 Å². The van der Waals surface area contributed by atoms with E-state index in [-0.39, 0.29) is 0 Å². The molecule has 72 valence electrons. The average molecular weight is 250 g/mol. The summed E-state index contributed by atoms with van der Waals surface area (Å²) in [6, 6.07) is 6.52. The lowest BCUT2D eigenvalue weighted by atomic mass is 10.0. The Kier molecular flexibility index (Phi) is 2.55. The van der Waals surface area contributed by atoms with Crippen molar-refractivity contribution in [3.05, 3.63) is 40.6 Å². The second-order valence-corrected chi connectivity index (χ2v) is 4.61.